The van der Waals surface area contributed by atoms with E-state index < -0.39 is 5.91 Å². The van der Waals surface area contributed by atoms with Crippen molar-refractivity contribution >= 4 is 28.2 Å². The first-order valence-corrected chi connectivity index (χ1v) is 10.9. The van der Waals surface area contributed by atoms with Gasteiger partial charge in [-0.15, -0.1) is 11.3 Å². The zero-order chi connectivity index (χ0) is 21.0. The number of primary amides is 1. The molecule has 1 aliphatic rings. The zero-order valence-corrected chi connectivity index (χ0v) is 18.0. The molecule has 0 fully saturated rings. The summed E-state index contributed by atoms with van der Waals surface area (Å²) in [4.78, 5) is 26.1. The number of rotatable bonds is 8. The summed E-state index contributed by atoms with van der Waals surface area (Å²) in [6, 6.07) is 5.12. The highest BCUT2D eigenvalue weighted by Crippen LogP contribution is 2.38. The van der Waals surface area contributed by atoms with Crippen LogP contribution in [0.15, 0.2) is 18.2 Å². The Kier molecular flexibility index (Phi) is 6.79. The maximum absolute atomic E-state index is 12.9. The predicted octanol–water partition coefficient (Wildman–Crippen LogP) is 4.41. The molecular formula is C22H28N2O4S. The molecule has 1 aromatic heterocycles. The van der Waals surface area contributed by atoms with Crippen LogP contribution in [0.25, 0.3) is 0 Å². The highest BCUT2D eigenvalue weighted by atomic mass is 32.1. The van der Waals surface area contributed by atoms with E-state index in [1.54, 1.807) is 18.2 Å². The fourth-order valence-corrected chi connectivity index (χ4v) is 4.67. The van der Waals surface area contributed by atoms with Gasteiger partial charge in [-0.1, -0.05) is 13.8 Å². The van der Waals surface area contributed by atoms with E-state index in [0.717, 1.165) is 36.1 Å². The first-order valence-electron chi connectivity index (χ1n) is 10.1. The number of benzene rings is 1. The van der Waals surface area contributed by atoms with Gasteiger partial charge < -0.3 is 20.5 Å². The lowest BCUT2D eigenvalue weighted by Gasteiger charge is -2.14. The average Bonchev–Trinajstić information content (AvgIpc) is 3.05. The van der Waals surface area contributed by atoms with Crippen LogP contribution in [0.3, 0.4) is 0 Å². The van der Waals surface area contributed by atoms with Crippen molar-refractivity contribution in [2.24, 2.45) is 11.7 Å². The number of nitrogens with two attached hydrogens (primary N) is 1. The van der Waals surface area contributed by atoms with Gasteiger partial charge in [0.1, 0.15) is 5.00 Å². The van der Waals surface area contributed by atoms with Crippen LogP contribution in [0, 0.1) is 5.92 Å². The van der Waals surface area contributed by atoms with E-state index in [1.165, 1.54) is 11.3 Å². The third-order valence-electron chi connectivity index (χ3n) is 4.72. The fraction of sp³-hybridized carbons (Fsp3) is 0.455. The number of nitrogens with one attached hydrogen (secondary N) is 1. The Morgan fingerprint density at radius 2 is 1.93 bits per heavy atom. The summed E-state index contributed by atoms with van der Waals surface area (Å²) in [5.41, 5.74) is 7.51. The first-order chi connectivity index (χ1) is 13.9. The molecule has 1 aromatic carbocycles. The monoisotopic (exact) mass is 416 g/mol. The second-order valence-corrected chi connectivity index (χ2v) is 8.64. The van der Waals surface area contributed by atoms with Gasteiger partial charge in [0.2, 0.25) is 0 Å². The van der Waals surface area contributed by atoms with E-state index in [4.69, 9.17) is 15.2 Å². The van der Waals surface area contributed by atoms with Crippen LogP contribution in [-0.2, 0) is 12.8 Å². The normalized spacial score (nSPS) is 13.1. The number of amides is 2. The zero-order valence-electron chi connectivity index (χ0n) is 17.2. The lowest BCUT2D eigenvalue weighted by atomic mass is 9.95. The van der Waals surface area contributed by atoms with Crippen molar-refractivity contribution in [2.45, 2.75) is 46.5 Å². The molecular weight excluding hydrogens is 388 g/mol. The minimum Gasteiger partial charge on any atom is -0.490 e. The molecule has 3 rings (SSSR count). The van der Waals surface area contributed by atoms with Crippen LogP contribution in [0.2, 0.25) is 0 Å². The van der Waals surface area contributed by atoms with Crippen molar-refractivity contribution in [3.05, 3.63) is 39.8 Å². The molecule has 156 valence electrons. The van der Waals surface area contributed by atoms with E-state index in [0.29, 0.717) is 46.8 Å². The smallest absolute Gasteiger partial charge is 0.256 e. The average molecular weight is 417 g/mol. The van der Waals surface area contributed by atoms with E-state index in [-0.39, 0.29) is 5.91 Å². The van der Waals surface area contributed by atoms with Gasteiger partial charge >= 0.3 is 0 Å². The number of ether oxygens (including phenoxy) is 2. The molecule has 0 radical (unpaired) electrons. The number of hydrogen-bond donors (Lipinski definition) is 2. The molecule has 1 heterocycles. The number of anilines is 1. The van der Waals surface area contributed by atoms with E-state index in [9.17, 15) is 9.59 Å². The molecule has 2 amide bonds. The molecule has 29 heavy (non-hydrogen) atoms. The highest BCUT2D eigenvalue weighted by molar-refractivity contribution is 7.17. The van der Waals surface area contributed by atoms with Crippen LogP contribution < -0.4 is 20.5 Å². The van der Waals surface area contributed by atoms with Gasteiger partial charge in [0.15, 0.2) is 11.5 Å². The predicted molar refractivity (Wildman–Crippen MR) is 115 cm³/mol. The van der Waals surface area contributed by atoms with Crippen molar-refractivity contribution in [3.63, 3.8) is 0 Å². The standard InChI is InChI=1S/C22H28N2O4S/c1-4-27-17-11-14(9-10-16(17)28-12-13(2)3)21(26)24-22-19(20(23)25)15-7-5-6-8-18(15)29-22/h9-11,13H,4-8,12H2,1-3H3,(H2,23,25)(H,24,26). The molecule has 1 aliphatic carbocycles. The molecule has 0 bridgehead atoms. The Morgan fingerprint density at radius 1 is 1.17 bits per heavy atom. The van der Waals surface area contributed by atoms with Gasteiger partial charge in [-0.3, -0.25) is 9.59 Å². The molecule has 0 saturated carbocycles. The SMILES string of the molecule is CCOc1cc(C(=O)Nc2sc3c(c2C(N)=O)CCCC3)ccc1OCC(C)C. The third-order valence-corrected chi connectivity index (χ3v) is 5.93. The highest BCUT2D eigenvalue weighted by Gasteiger charge is 2.25. The van der Waals surface area contributed by atoms with Crippen molar-refractivity contribution in [3.8, 4) is 11.5 Å². The minimum absolute atomic E-state index is 0.303. The summed E-state index contributed by atoms with van der Waals surface area (Å²) in [6.45, 7) is 7.05. The van der Waals surface area contributed by atoms with Gasteiger partial charge in [0.05, 0.1) is 18.8 Å². The molecule has 7 heteroatoms. The molecule has 0 spiro atoms. The lowest BCUT2D eigenvalue weighted by Crippen LogP contribution is -2.18. The number of carbonyl (C=O) groups excluding carboxylic acids is 2. The Bertz CT molecular complexity index is 904. The van der Waals surface area contributed by atoms with Crippen molar-refractivity contribution in [1.82, 2.24) is 0 Å². The van der Waals surface area contributed by atoms with Gasteiger partial charge in [-0.2, -0.15) is 0 Å². The topological polar surface area (TPSA) is 90.6 Å². The molecule has 3 N–H and O–H groups in total. The number of aryl methyl sites for hydroxylation is 1. The van der Waals surface area contributed by atoms with Crippen molar-refractivity contribution in [2.75, 3.05) is 18.5 Å². The van der Waals surface area contributed by atoms with Gasteiger partial charge in [-0.05, 0) is 62.3 Å². The van der Waals surface area contributed by atoms with Crippen LogP contribution in [0.1, 0.15) is 64.8 Å². The Labute approximate surface area is 175 Å². The molecule has 0 saturated heterocycles. The lowest BCUT2D eigenvalue weighted by molar-refractivity contribution is 0.100. The van der Waals surface area contributed by atoms with Crippen LogP contribution >= 0.6 is 11.3 Å². The Hall–Kier alpha value is -2.54. The number of thiophene rings is 1. The van der Waals surface area contributed by atoms with Crippen molar-refractivity contribution in [1.29, 1.82) is 0 Å². The summed E-state index contributed by atoms with van der Waals surface area (Å²) in [5.74, 6) is 0.724. The maximum atomic E-state index is 12.9. The summed E-state index contributed by atoms with van der Waals surface area (Å²) in [5, 5.41) is 3.42. The van der Waals surface area contributed by atoms with E-state index in [2.05, 4.69) is 19.2 Å². The number of fused-ring (bicyclic) bond motifs is 1. The molecule has 6 nitrogen and oxygen atoms in total. The van der Waals surface area contributed by atoms with E-state index >= 15 is 0 Å². The number of hydrogen-bond acceptors (Lipinski definition) is 5. The molecule has 2 aromatic rings. The minimum atomic E-state index is -0.493. The largest absolute Gasteiger partial charge is 0.490 e. The summed E-state index contributed by atoms with van der Waals surface area (Å²) >= 11 is 1.45. The summed E-state index contributed by atoms with van der Waals surface area (Å²) in [6.07, 6.45) is 3.88. The molecule has 0 atom stereocenters. The second-order valence-electron chi connectivity index (χ2n) is 7.53. The summed E-state index contributed by atoms with van der Waals surface area (Å²) in [7, 11) is 0. The van der Waals surface area contributed by atoms with Gasteiger partial charge in [-0.25, -0.2) is 0 Å². The maximum Gasteiger partial charge on any atom is 0.256 e. The Morgan fingerprint density at radius 3 is 2.62 bits per heavy atom. The fourth-order valence-electron chi connectivity index (χ4n) is 3.38. The second kappa shape index (κ2) is 9.31. The molecule has 0 aliphatic heterocycles. The molecule has 0 unspecified atom stereocenters. The van der Waals surface area contributed by atoms with E-state index in [1.807, 2.05) is 6.92 Å². The van der Waals surface area contributed by atoms with Gasteiger partial charge in [0.25, 0.3) is 11.8 Å². The third kappa shape index (κ3) is 4.90. The van der Waals surface area contributed by atoms with Crippen LogP contribution in [0.4, 0.5) is 5.00 Å². The van der Waals surface area contributed by atoms with Gasteiger partial charge in [0, 0.05) is 10.4 Å². The summed E-state index contributed by atoms with van der Waals surface area (Å²) < 4.78 is 11.5. The first kappa shape index (κ1) is 21.2. The van der Waals surface area contributed by atoms with Crippen molar-refractivity contribution < 1.29 is 19.1 Å². The van der Waals surface area contributed by atoms with Crippen LogP contribution in [-0.4, -0.2) is 25.0 Å². The number of carbonyl (C=O) groups is 2. The quantitative estimate of drug-likeness (QED) is 0.667. The van der Waals surface area contributed by atoms with Crippen LogP contribution in [0.5, 0.6) is 11.5 Å². The Balaban J connectivity index is 1.85.